The molecule has 0 N–H and O–H groups in total. The van der Waals surface area contributed by atoms with E-state index >= 15 is 0 Å². The van der Waals surface area contributed by atoms with Gasteiger partial charge in [-0.2, -0.15) is 0 Å². The van der Waals surface area contributed by atoms with Crippen LogP contribution in [0.4, 0.5) is 0 Å². The van der Waals surface area contributed by atoms with Gasteiger partial charge < -0.3 is 14.6 Å². The monoisotopic (exact) mass is 255 g/mol. The first-order chi connectivity index (χ1) is 9.19. The van der Waals surface area contributed by atoms with Crippen molar-refractivity contribution in [2.45, 2.75) is 6.61 Å². The fourth-order valence-corrected chi connectivity index (χ4v) is 1.58. The smallest absolute Gasteiger partial charge is 0.150 e. The minimum Gasteiger partial charge on any atom is -0.545 e. The summed E-state index contributed by atoms with van der Waals surface area (Å²) < 4.78 is 5.51. The van der Waals surface area contributed by atoms with Gasteiger partial charge in [0, 0.05) is 5.56 Å². The highest BCUT2D eigenvalue weighted by molar-refractivity contribution is 5.85. The quantitative estimate of drug-likeness (QED) is 0.758. The fraction of sp³-hybridized carbons (Fsp3) is 0.0667. The van der Waals surface area contributed by atoms with Crippen LogP contribution in [-0.4, -0.2) is 12.3 Å². The zero-order valence-electron chi connectivity index (χ0n) is 10.0. The van der Waals surface area contributed by atoms with Gasteiger partial charge in [0.1, 0.15) is 18.6 Å². The van der Waals surface area contributed by atoms with Gasteiger partial charge in [0.25, 0.3) is 0 Å². The molecule has 4 nitrogen and oxygen atoms in total. The molecule has 0 radical (unpaired) electrons. The van der Waals surface area contributed by atoms with Gasteiger partial charge in [-0.15, -0.1) is 0 Å². The summed E-state index contributed by atoms with van der Waals surface area (Å²) in [7, 11) is 0. The van der Waals surface area contributed by atoms with Crippen LogP contribution in [0.1, 0.15) is 26.3 Å². The third kappa shape index (κ3) is 3.42. The summed E-state index contributed by atoms with van der Waals surface area (Å²) in [6.07, 6.45) is 0.752. The van der Waals surface area contributed by atoms with E-state index in [9.17, 15) is 14.7 Å². The van der Waals surface area contributed by atoms with E-state index in [-0.39, 0.29) is 5.56 Å². The minimum atomic E-state index is -1.20. The Labute approximate surface area is 110 Å². The van der Waals surface area contributed by atoms with Gasteiger partial charge >= 0.3 is 0 Å². The molecule has 0 aromatic heterocycles. The van der Waals surface area contributed by atoms with Crippen LogP contribution in [0.25, 0.3) is 0 Å². The number of carboxylic acids is 1. The molecule has 0 heterocycles. The van der Waals surface area contributed by atoms with Crippen LogP contribution in [0.5, 0.6) is 5.75 Å². The van der Waals surface area contributed by atoms with Crippen LogP contribution in [0.3, 0.4) is 0 Å². The Kier molecular flexibility index (Phi) is 3.93. The summed E-state index contributed by atoms with van der Waals surface area (Å²) in [4.78, 5) is 21.2. The second-order valence-corrected chi connectivity index (χ2v) is 3.96. The highest BCUT2D eigenvalue weighted by atomic mass is 16.5. The number of hydrogen-bond acceptors (Lipinski definition) is 4. The molecule has 0 fully saturated rings. The van der Waals surface area contributed by atoms with Crippen LogP contribution in [-0.2, 0) is 6.61 Å². The second kappa shape index (κ2) is 5.82. The van der Waals surface area contributed by atoms with Crippen molar-refractivity contribution in [3.8, 4) is 5.75 Å². The molecule has 2 aromatic rings. The lowest BCUT2D eigenvalue weighted by molar-refractivity contribution is -0.255. The molecule has 0 saturated carbocycles. The second-order valence-electron chi connectivity index (χ2n) is 3.96. The molecule has 0 bridgehead atoms. The molecule has 0 aliphatic rings. The van der Waals surface area contributed by atoms with E-state index in [1.165, 1.54) is 12.1 Å². The maximum Gasteiger partial charge on any atom is 0.150 e. The van der Waals surface area contributed by atoms with E-state index in [1.54, 1.807) is 36.4 Å². The van der Waals surface area contributed by atoms with Crippen LogP contribution in [0, 0.1) is 0 Å². The van der Waals surface area contributed by atoms with Crippen molar-refractivity contribution >= 4 is 12.3 Å². The zero-order valence-corrected chi connectivity index (χ0v) is 10.0. The largest absolute Gasteiger partial charge is 0.545 e. The number of benzene rings is 2. The normalized spacial score (nSPS) is 9.89. The lowest BCUT2D eigenvalue weighted by Gasteiger charge is -2.08. The van der Waals surface area contributed by atoms with Crippen molar-refractivity contribution in [2.24, 2.45) is 0 Å². The van der Waals surface area contributed by atoms with Crippen LogP contribution in [0.2, 0.25) is 0 Å². The van der Waals surface area contributed by atoms with E-state index in [0.717, 1.165) is 11.8 Å². The van der Waals surface area contributed by atoms with Crippen molar-refractivity contribution in [3.05, 3.63) is 65.2 Å². The Morgan fingerprint density at radius 1 is 1.16 bits per heavy atom. The summed E-state index contributed by atoms with van der Waals surface area (Å²) in [5.41, 5.74) is 1.51. The predicted octanol–water partition coefficient (Wildman–Crippen LogP) is 1.44. The highest BCUT2D eigenvalue weighted by Gasteiger charge is 1.99. The topological polar surface area (TPSA) is 66.4 Å². The number of hydrogen-bond donors (Lipinski definition) is 0. The number of carboxylic acid groups (broad SMARTS) is 1. The van der Waals surface area contributed by atoms with E-state index in [2.05, 4.69) is 0 Å². The molecule has 96 valence electrons. The minimum absolute atomic E-state index is 0.131. The summed E-state index contributed by atoms with van der Waals surface area (Å²) in [5.74, 6) is -0.611. The maximum absolute atomic E-state index is 10.6. The molecule has 0 atom stereocenters. The average molecular weight is 255 g/mol. The van der Waals surface area contributed by atoms with Crippen molar-refractivity contribution in [3.63, 3.8) is 0 Å². The van der Waals surface area contributed by atoms with Crippen molar-refractivity contribution in [1.29, 1.82) is 0 Å². The summed E-state index contributed by atoms with van der Waals surface area (Å²) in [6.45, 7) is 0.301. The van der Waals surface area contributed by atoms with Gasteiger partial charge in [-0.05, 0) is 23.3 Å². The number of rotatable bonds is 5. The molecule has 0 aliphatic carbocycles. The Bertz CT molecular complexity index is 587. The molecular formula is C15H11O4-. The van der Waals surface area contributed by atoms with E-state index in [0.29, 0.717) is 17.9 Å². The van der Waals surface area contributed by atoms with Crippen LogP contribution < -0.4 is 9.84 Å². The van der Waals surface area contributed by atoms with Gasteiger partial charge in [-0.1, -0.05) is 36.4 Å². The van der Waals surface area contributed by atoms with E-state index < -0.39 is 5.97 Å². The molecule has 2 aromatic carbocycles. The molecule has 0 spiro atoms. The first-order valence-corrected chi connectivity index (χ1v) is 5.67. The molecule has 2 rings (SSSR count). The first kappa shape index (κ1) is 12.8. The number of carbonyl (C=O) groups excluding carboxylic acids is 2. The maximum atomic E-state index is 10.6. The standard InChI is InChI=1S/C15H12O4/c16-9-12-2-1-3-14(8-12)19-10-11-4-6-13(7-5-11)15(17)18/h1-9H,10H2,(H,17,18)/p-1. The molecule has 4 heteroatoms. The third-order valence-electron chi connectivity index (χ3n) is 2.59. The molecule has 0 amide bonds. The summed E-state index contributed by atoms with van der Waals surface area (Å²) >= 11 is 0. The van der Waals surface area contributed by atoms with E-state index in [4.69, 9.17) is 4.74 Å². The SMILES string of the molecule is O=Cc1cccc(OCc2ccc(C(=O)[O-])cc2)c1. The molecule has 0 saturated heterocycles. The van der Waals surface area contributed by atoms with Gasteiger partial charge in [0.2, 0.25) is 0 Å². The fourth-order valence-electron chi connectivity index (χ4n) is 1.58. The van der Waals surface area contributed by atoms with Crippen molar-refractivity contribution in [2.75, 3.05) is 0 Å². The Morgan fingerprint density at radius 2 is 1.89 bits per heavy atom. The van der Waals surface area contributed by atoms with E-state index in [1.807, 2.05) is 0 Å². The lowest BCUT2D eigenvalue weighted by Crippen LogP contribution is -2.22. The molecule has 19 heavy (non-hydrogen) atoms. The lowest BCUT2D eigenvalue weighted by atomic mass is 10.1. The average Bonchev–Trinajstić information content (AvgIpc) is 2.46. The summed E-state index contributed by atoms with van der Waals surface area (Å²) in [5, 5.41) is 10.6. The summed E-state index contributed by atoms with van der Waals surface area (Å²) in [6, 6.07) is 13.1. The van der Waals surface area contributed by atoms with Gasteiger partial charge in [-0.3, -0.25) is 4.79 Å². The van der Waals surface area contributed by atoms with Gasteiger partial charge in [-0.25, -0.2) is 0 Å². The first-order valence-electron chi connectivity index (χ1n) is 5.67. The van der Waals surface area contributed by atoms with Crippen molar-refractivity contribution < 1.29 is 19.4 Å². The predicted molar refractivity (Wildman–Crippen MR) is 66.9 cm³/mol. The Balaban J connectivity index is 2.01. The van der Waals surface area contributed by atoms with Crippen LogP contribution >= 0.6 is 0 Å². The molecule has 0 aliphatic heterocycles. The zero-order chi connectivity index (χ0) is 13.7. The number of aromatic carboxylic acids is 1. The number of aldehydes is 1. The van der Waals surface area contributed by atoms with Gasteiger partial charge in [0.15, 0.2) is 0 Å². The number of ether oxygens (including phenoxy) is 1. The van der Waals surface area contributed by atoms with Crippen molar-refractivity contribution in [1.82, 2.24) is 0 Å². The molecular weight excluding hydrogens is 244 g/mol. The van der Waals surface area contributed by atoms with Crippen LogP contribution in [0.15, 0.2) is 48.5 Å². The molecule has 0 unspecified atom stereocenters. The third-order valence-corrected chi connectivity index (χ3v) is 2.59. The Morgan fingerprint density at radius 3 is 2.53 bits per heavy atom. The highest BCUT2D eigenvalue weighted by Crippen LogP contribution is 2.14. The van der Waals surface area contributed by atoms with Gasteiger partial charge in [0.05, 0.1) is 5.97 Å². The number of carbonyl (C=O) groups is 2. The Hall–Kier alpha value is -2.62.